The smallest absolute Gasteiger partial charge is 0.279 e. The maximum absolute atomic E-state index is 11.3. The molecule has 0 bridgehead atoms. The summed E-state index contributed by atoms with van der Waals surface area (Å²) in [6, 6.07) is 18.7. The van der Waals surface area contributed by atoms with Crippen molar-refractivity contribution in [2.75, 3.05) is 0 Å². The topological polar surface area (TPSA) is 50.1 Å². The number of rotatable bonds is 5. The summed E-state index contributed by atoms with van der Waals surface area (Å²) >= 11 is 0. The molecular formula is C15H14NO2. The van der Waals surface area contributed by atoms with E-state index in [-0.39, 0.29) is 0 Å². The number of hydrogen-bond donors (Lipinski definition) is 0. The van der Waals surface area contributed by atoms with E-state index in [4.69, 9.17) is 10.5 Å². The predicted octanol–water partition coefficient (Wildman–Crippen LogP) is 2.49. The Morgan fingerprint density at radius 1 is 1.00 bits per heavy atom. The van der Waals surface area contributed by atoms with Crippen molar-refractivity contribution in [3.05, 3.63) is 66.2 Å². The van der Waals surface area contributed by atoms with E-state index >= 15 is 0 Å². The Morgan fingerprint density at radius 3 is 2.11 bits per heavy atom. The number of ether oxygens (including phenoxy) is 1. The van der Waals surface area contributed by atoms with E-state index < -0.39 is 12.0 Å². The predicted molar refractivity (Wildman–Crippen MR) is 69.1 cm³/mol. The van der Waals surface area contributed by atoms with Crippen LogP contribution in [-0.2, 0) is 11.2 Å². The van der Waals surface area contributed by atoms with Crippen molar-refractivity contribution < 1.29 is 9.53 Å². The molecule has 1 unspecified atom stereocenters. The highest BCUT2D eigenvalue weighted by atomic mass is 16.5. The van der Waals surface area contributed by atoms with E-state index in [1.807, 2.05) is 48.5 Å². The first-order valence-corrected chi connectivity index (χ1v) is 5.77. The van der Waals surface area contributed by atoms with Crippen molar-refractivity contribution in [2.45, 2.75) is 12.5 Å². The quantitative estimate of drug-likeness (QED) is 0.806. The maximum Gasteiger partial charge on any atom is 0.279 e. The van der Waals surface area contributed by atoms with Gasteiger partial charge < -0.3 is 4.74 Å². The van der Waals surface area contributed by atoms with Crippen LogP contribution in [0.4, 0.5) is 0 Å². The van der Waals surface area contributed by atoms with Gasteiger partial charge in [-0.1, -0.05) is 48.5 Å². The Labute approximate surface area is 106 Å². The van der Waals surface area contributed by atoms with Gasteiger partial charge in [0.2, 0.25) is 0 Å². The molecule has 91 valence electrons. The highest BCUT2D eigenvalue weighted by Gasteiger charge is 2.18. The number of nitrogens with one attached hydrogen (secondary N) is 1. The molecule has 0 aliphatic carbocycles. The van der Waals surface area contributed by atoms with Gasteiger partial charge >= 0.3 is 0 Å². The van der Waals surface area contributed by atoms with Gasteiger partial charge in [0.25, 0.3) is 5.91 Å². The molecule has 0 aromatic heterocycles. The molecule has 3 heteroatoms. The molecule has 1 atom stereocenters. The van der Waals surface area contributed by atoms with Crippen LogP contribution < -0.4 is 10.5 Å². The summed E-state index contributed by atoms with van der Waals surface area (Å²) in [5.74, 6) is -0.0956. The van der Waals surface area contributed by atoms with Crippen molar-refractivity contribution in [3.8, 4) is 5.75 Å². The fourth-order valence-corrected chi connectivity index (χ4v) is 1.68. The molecule has 3 nitrogen and oxygen atoms in total. The minimum atomic E-state index is -0.755. The normalized spacial score (nSPS) is 11.8. The average molecular weight is 240 g/mol. The van der Waals surface area contributed by atoms with E-state index in [1.54, 1.807) is 12.1 Å². The SMILES string of the molecule is [NH]C(=O)C(Cc1ccccc1)Oc1ccccc1. The molecule has 0 spiro atoms. The Balaban J connectivity index is 2.08. The molecule has 0 saturated carbocycles. The van der Waals surface area contributed by atoms with Gasteiger partial charge in [-0.2, -0.15) is 0 Å². The molecule has 1 amide bonds. The van der Waals surface area contributed by atoms with Crippen LogP contribution in [-0.4, -0.2) is 12.0 Å². The summed E-state index contributed by atoms with van der Waals surface area (Å²) in [6.45, 7) is 0. The first kappa shape index (κ1) is 12.2. The Kier molecular flexibility index (Phi) is 3.97. The maximum atomic E-state index is 11.3. The van der Waals surface area contributed by atoms with Gasteiger partial charge in [-0.3, -0.25) is 10.5 Å². The van der Waals surface area contributed by atoms with Crippen LogP contribution >= 0.6 is 0 Å². The summed E-state index contributed by atoms with van der Waals surface area (Å²) in [5, 5.41) is 0. The molecular weight excluding hydrogens is 226 g/mol. The minimum absolute atomic E-state index is 0.415. The average Bonchev–Trinajstić information content (AvgIpc) is 2.40. The highest BCUT2D eigenvalue weighted by molar-refractivity contribution is 5.78. The van der Waals surface area contributed by atoms with E-state index in [9.17, 15) is 4.79 Å². The summed E-state index contributed by atoms with van der Waals surface area (Å²) in [7, 11) is 0. The lowest BCUT2D eigenvalue weighted by atomic mass is 10.1. The molecule has 0 fully saturated rings. The van der Waals surface area contributed by atoms with Crippen LogP contribution in [0.5, 0.6) is 5.75 Å². The van der Waals surface area contributed by atoms with Gasteiger partial charge in [-0.05, 0) is 17.7 Å². The number of carbonyl (C=O) groups excluding carboxylic acids is 1. The molecule has 1 N–H and O–H groups in total. The van der Waals surface area contributed by atoms with E-state index in [1.165, 1.54) is 0 Å². The second kappa shape index (κ2) is 5.87. The third-order valence-corrected chi connectivity index (χ3v) is 2.58. The van der Waals surface area contributed by atoms with Crippen molar-refractivity contribution in [3.63, 3.8) is 0 Å². The lowest BCUT2D eigenvalue weighted by Gasteiger charge is -2.15. The fourth-order valence-electron chi connectivity index (χ4n) is 1.68. The molecule has 0 saturated heterocycles. The molecule has 2 rings (SSSR count). The largest absolute Gasteiger partial charge is 0.480 e. The van der Waals surface area contributed by atoms with Crippen LogP contribution in [0.15, 0.2) is 60.7 Å². The van der Waals surface area contributed by atoms with Crippen molar-refractivity contribution >= 4 is 5.91 Å². The number of benzene rings is 2. The Bertz CT molecular complexity index is 455. The van der Waals surface area contributed by atoms with Crippen LogP contribution in [0, 0.1) is 0 Å². The summed E-state index contributed by atoms with van der Waals surface area (Å²) < 4.78 is 5.54. The van der Waals surface area contributed by atoms with Gasteiger partial charge in [-0.25, -0.2) is 0 Å². The zero-order chi connectivity index (χ0) is 12.8. The zero-order valence-electron chi connectivity index (χ0n) is 9.87. The first-order chi connectivity index (χ1) is 8.75. The number of amides is 1. The zero-order valence-corrected chi connectivity index (χ0v) is 9.87. The lowest BCUT2D eigenvalue weighted by molar-refractivity contribution is -0.125. The van der Waals surface area contributed by atoms with Crippen LogP contribution in [0.1, 0.15) is 5.56 Å². The van der Waals surface area contributed by atoms with Crippen LogP contribution in [0.2, 0.25) is 0 Å². The Hall–Kier alpha value is -2.29. The van der Waals surface area contributed by atoms with Crippen molar-refractivity contribution in [1.29, 1.82) is 0 Å². The van der Waals surface area contributed by atoms with Gasteiger partial charge in [0.15, 0.2) is 6.10 Å². The summed E-state index contributed by atoms with van der Waals surface area (Å²) in [6.07, 6.45) is -0.340. The fraction of sp³-hybridized carbons (Fsp3) is 0.133. The van der Waals surface area contributed by atoms with E-state index in [2.05, 4.69) is 0 Å². The molecule has 18 heavy (non-hydrogen) atoms. The third-order valence-electron chi connectivity index (χ3n) is 2.58. The number of para-hydroxylation sites is 1. The second-order valence-corrected chi connectivity index (χ2v) is 3.97. The van der Waals surface area contributed by atoms with Gasteiger partial charge in [0.05, 0.1) is 0 Å². The molecule has 0 aliphatic rings. The molecule has 2 aromatic carbocycles. The van der Waals surface area contributed by atoms with Crippen molar-refractivity contribution in [2.24, 2.45) is 0 Å². The molecule has 0 aliphatic heterocycles. The lowest BCUT2D eigenvalue weighted by Crippen LogP contribution is -2.30. The van der Waals surface area contributed by atoms with E-state index in [0.717, 1.165) is 5.56 Å². The summed E-state index contributed by atoms with van der Waals surface area (Å²) in [4.78, 5) is 11.3. The standard InChI is InChI=1S/C15H14NO2/c16-15(17)14(11-12-7-3-1-4-8-12)18-13-9-5-2-6-10-13/h1-10,14,16H,11H2. The summed E-state index contributed by atoms with van der Waals surface area (Å²) in [5.41, 5.74) is 8.25. The monoisotopic (exact) mass is 240 g/mol. The van der Waals surface area contributed by atoms with Gasteiger partial charge in [0, 0.05) is 6.42 Å². The highest BCUT2D eigenvalue weighted by Crippen LogP contribution is 2.14. The number of carbonyl (C=O) groups is 1. The van der Waals surface area contributed by atoms with Crippen LogP contribution in [0.3, 0.4) is 0 Å². The first-order valence-electron chi connectivity index (χ1n) is 5.77. The van der Waals surface area contributed by atoms with Gasteiger partial charge in [-0.15, -0.1) is 0 Å². The third kappa shape index (κ3) is 3.35. The van der Waals surface area contributed by atoms with Gasteiger partial charge in [0.1, 0.15) is 5.75 Å². The minimum Gasteiger partial charge on any atom is -0.480 e. The molecule has 0 heterocycles. The molecule has 2 aromatic rings. The Morgan fingerprint density at radius 2 is 1.56 bits per heavy atom. The van der Waals surface area contributed by atoms with Crippen molar-refractivity contribution in [1.82, 2.24) is 5.73 Å². The van der Waals surface area contributed by atoms with Crippen LogP contribution in [0.25, 0.3) is 0 Å². The molecule has 1 radical (unpaired) electrons. The number of hydrogen-bond acceptors (Lipinski definition) is 2. The van der Waals surface area contributed by atoms with E-state index in [0.29, 0.717) is 12.2 Å². The second-order valence-electron chi connectivity index (χ2n) is 3.97.